The van der Waals surface area contributed by atoms with E-state index in [1.54, 1.807) is 6.26 Å². The zero-order chi connectivity index (χ0) is 19.8. The molecule has 148 valence electrons. The van der Waals surface area contributed by atoms with Gasteiger partial charge in [-0.25, -0.2) is 4.52 Å². The van der Waals surface area contributed by atoms with Crippen molar-refractivity contribution in [2.24, 2.45) is 0 Å². The van der Waals surface area contributed by atoms with Gasteiger partial charge in [0, 0.05) is 43.5 Å². The van der Waals surface area contributed by atoms with Crippen LogP contribution in [0.15, 0.2) is 65.6 Å². The van der Waals surface area contributed by atoms with Gasteiger partial charge in [-0.3, -0.25) is 9.80 Å². The van der Waals surface area contributed by atoms with Crippen molar-refractivity contribution in [2.75, 3.05) is 26.7 Å². The standard InChI is InChI=1S/C23H25N5O/c1-17-3-5-19(6-4-17)20-7-8-21-23(24-25-28(21)14-20)22-15-27(11-10-26(22)2)13-18-9-12-29-16-18/h3-9,12,14,16,22H,10-11,13,15H2,1-2H3. The van der Waals surface area contributed by atoms with Crippen molar-refractivity contribution < 1.29 is 4.42 Å². The molecule has 0 spiro atoms. The normalized spacial score (nSPS) is 18.5. The van der Waals surface area contributed by atoms with Crippen LogP contribution < -0.4 is 0 Å². The van der Waals surface area contributed by atoms with Gasteiger partial charge in [-0.15, -0.1) is 5.10 Å². The lowest BCUT2D eigenvalue weighted by Crippen LogP contribution is -2.46. The molecule has 0 amide bonds. The lowest BCUT2D eigenvalue weighted by molar-refractivity contribution is 0.0888. The topological polar surface area (TPSA) is 49.8 Å². The van der Waals surface area contributed by atoms with Crippen LogP contribution in [-0.4, -0.2) is 51.3 Å². The summed E-state index contributed by atoms with van der Waals surface area (Å²) in [6.45, 7) is 5.97. The summed E-state index contributed by atoms with van der Waals surface area (Å²) in [5, 5.41) is 9.02. The first-order chi connectivity index (χ1) is 14.2. The molecule has 0 radical (unpaired) electrons. The second-order valence-corrected chi connectivity index (χ2v) is 7.95. The molecule has 1 fully saturated rings. The van der Waals surface area contributed by atoms with E-state index < -0.39 is 0 Å². The number of hydrogen-bond donors (Lipinski definition) is 0. The van der Waals surface area contributed by atoms with E-state index in [-0.39, 0.29) is 6.04 Å². The van der Waals surface area contributed by atoms with E-state index in [9.17, 15) is 0 Å². The first kappa shape index (κ1) is 18.1. The minimum absolute atomic E-state index is 0.221. The van der Waals surface area contributed by atoms with Crippen LogP contribution >= 0.6 is 0 Å². The lowest BCUT2D eigenvalue weighted by Gasteiger charge is -2.38. The Morgan fingerprint density at radius 3 is 2.66 bits per heavy atom. The van der Waals surface area contributed by atoms with Crippen molar-refractivity contribution >= 4 is 5.52 Å². The van der Waals surface area contributed by atoms with Crippen LogP contribution in [-0.2, 0) is 6.54 Å². The van der Waals surface area contributed by atoms with Crippen LogP contribution in [0.5, 0.6) is 0 Å². The maximum absolute atomic E-state index is 5.23. The third kappa shape index (κ3) is 3.57. The highest BCUT2D eigenvalue weighted by molar-refractivity contribution is 5.66. The summed E-state index contributed by atoms with van der Waals surface area (Å²) in [7, 11) is 2.17. The van der Waals surface area contributed by atoms with Crippen LogP contribution in [0.4, 0.5) is 0 Å². The van der Waals surface area contributed by atoms with Crippen molar-refractivity contribution in [3.8, 4) is 11.1 Å². The van der Waals surface area contributed by atoms with Crippen molar-refractivity contribution in [1.82, 2.24) is 24.6 Å². The van der Waals surface area contributed by atoms with Gasteiger partial charge in [0.1, 0.15) is 5.69 Å². The summed E-state index contributed by atoms with van der Waals surface area (Å²) in [5.41, 5.74) is 6.92. The molecule has 1 saturated heterocycles. The fourth-order valence-electron chi connectivity index (χ4n) is 4.08. The Hall–Kier alpha value is -2.96. The van der Waals surface area contributed by atoms with Crippen LogP contribution in [0.25, 0.3) is 16.6 Å². The van der Waals surface area contributed by atoms with Crippen LogP contribution in [0, 0.1) is 6.92 Å². The molecular weight excluding hydrogens is 362 g/mol. The van der Waals surface area contributed by atoms with Gasteiger partial charge >= 0.3 is 0 Å². The fraction of sp³-hybridized carbons (Fsp3) is 0.304. The van der Waals surface area contributed by atoms with Crippen LogP contribution in [0.1, 0.15) is 22.9 Å². The third-order valence-corrected chi connectivity index (χ3v) is 5.86. The first-order valence-electron chi connectivity index (χ1n) is 10.0. The van der Waals surface area contributed by atoms with E-state index >= 15 is 0 Å². The molecule has 3 aromatic heterocycles. The predicted octanol–water partition coefficient (Wildman–Crippen LogP) is 3.79. The van der Waals surface area contributed by atoms with E-state index in [1.165, 1.54) is 16.7 Å². The summed E-state index contributed by atoms with van der Waals surface area (Å²) in [4.78, 5) is 4.84. The molecule has 4 heterocycles. The summed E-state index contributed by atoms with van der Waals surface area (Å²) in [6, 6.07) is 15.1. The second kappa shape index (κ2) is 7.46. The SMILES string of the molecule is Cc1ccc(-c2ccc3c(C4CN(Cc5ccoc5)CCN4C)nnn3c2)cc1. The second-order valence-electron chi connectivity index (χ2n) is 7.95. The van der Waals surface area contributed by atoms with E-state index in [1.807, 2.05) is 16.8 Å². The van der Waals surface area contributed by atoms with E-state index in [2.05, 4.69) is 76.7 Å². The van der Waals surface area contributed by atoms with E-state index in [0.29, 0.717) is 0 Å². The molecule has 0 bridgehead atoms. The Morgan fingerprint density at radius 2 is 1.86 bits per heavy atom. The molecule has 1 aromatic carbocycles. The summed E-state index contributed by atoms with van der Waals surface area (Å²) in [6.07, 6.45) is 5.64. The maximum atomic E-state index is 5.23. The van der Waals surface area contributed by atoms with Gasteiger partial charge < -0.3 is 4.42 Å². The first-order valence-corrected chi connectivity index (χ1v) is 10.0. The van der Waals surface area contributed by atoms with Crippen LogP contribution in [0.3, 0.4) is 0 Å². The third-order valence-electron chi connectivity index (χ3n) is 5.86. The summed E-state index contributed by atoms with van der Waals surface area (Å²) >= 11 is 0. The number of fused-ring (bicyclic) bond motifs is 1. The lowest BCUT2D eigenvalue weighted by atomic mass is 10.0. The average Bonchev–Trinajstić information content (AvgIpc) is 3.39. The number of piperazine rings is 1. The average molecular weight is 387 g/mol. The quantitative estimate of drug-likeness (QED) is 0.533. The number of aryl methyl sites for hydroxylation is 1. The van der Waals surface area contributed by atoms with Crippen molar-refractivity contribution in [1.29, 1.82) is 0 Å². The molecule has 29 heavy (non-hydrogen) atoms. The van der Waals surface area contributed by atoms with Gasteiger partial charge in [-0.05, 0) is 31.7 Å². The Morgan fingerprint density at radius 1 is 1.03 bits per heavy atom. The van der Waals surface area contributed by atoms with Crippen molar-refractivity contribution in [2.45, 2.75) is 19.5 Å². The molecule has 0 saturated carbocycles. The molecule has 1 aliphatic heterocycles. The van der Waals surface area contributed by atoms with Crippen molar-refractivity contribution in [3.63, 3.8) is 0 Å². The molecule has 6 heteroatoms. The fourth-order valence-corrected chi connectivity index (χ4v) is 4.08. The zero-order valence-electron chi connectivity index (χ0n) is 16.8. The number of hydrogen-bond acceptors (Lipinski definition) is 5. The summed E-state index contributed by atoms with van der Waals surface area (Å²) < 4.78 is 7.14. The Balaban J connectivity index is 1.42. The molecule has 5 rings (SSSR count). The van der Waals surface area contributed by atoms with Gasteiger partial charge in [0.2, 0.25) is 0 Å². The Labute approximate surface area is 170 Å². The van der Waals surface area contributed by atoms with Gasteiger partial charge in [0.25, 0.3) is 0 Å². The highest BCUT2D eigenvalue weighted by atomic mass is 16.3. The minimum atomic E-state index is 0.221. The number of benzene rings is 1. The minimum Gasteiger partial charge on any atom is -0.472 e. The van der Waals surface area contributed by atoms with Gasteiger partial charge in [-0.1, -0.05) is 41.1 Å². The number of aromatic nitrogens is 3. The molecule has 4 aromatic rings. The Bertz CT molecular complexity index is 1100. The molecule has 1 unspecified atom stereocenters. The maximum Gasteiger partial charge on any atom is 0.109 e. The number of pyridine rings is 1. The van der Waals surface area contributed by atoms with Gasteiger partial charge in [0.15, 0.2) is 0 Å². The van der Waals surface area contributed by atoms with E-state index in [0.717, 1.165) is 43.0 Å². The van der Waals surface area contributed by atoms with Gasteiger partial charge in [0.05, 0.1) is 24.1 Å². The largest absolute Gasteiger partial charge is 0.472 e. The van der Waals surface area contributed by atoms with E-state index in [4.69, 9.17) is 4.42 Å². The molecule has 1 atom stereocenters. The Kier molecular flexibility index (Phi) is 4.66. The monoisotopic (exact) mass is 387 g/mol. The zero-order valence-corrected chi connectivity index (χ0v) is 16.8. The van der Waals surface area contributed by atoms with Gasteiger partial charge in [-0.2, -0.15) is 0 Å². The number of furan rings is 1. The number of rotatable bonds is 4. The number of nitrogens with zero attached hydrogens (tertiary/aromatic N) is 5. The molecule has 0 N–H and O–H groups in total. The smallest absolute Gasteiger partial charge is 0.109 e. The summed E-state index contributed by atoms with van der Waals surface area (Å²) in [5.74, 6) is 0. The predicted molar refractivity (Wildman–Crippen MR) is 113 cm³/mol. The highest BCUT2D eigenvalue weighted by Crippen LogP contribution is 2.28. The van der Waals surface area contributed by atoms with Crippen molar-refractivity contribution in [3.05, 3.63) is 78.0 Å². The molecule has 0 aliphatic carbocycles. The number of likely N-dealkylation sites (N-methyl/N-ethyl adjacent to an activating group) is 1. The van der Waals surface area contributed by atoms with Crippen LogP contribution in [0.2, 0.25) is 0 Å². The molecular formula is C23H25N5O. The molecule has 6 nitrogen and oxygen atoms in total. The molecule has 1 aliphatic rings. The highest BCUT2D eigenvalue weighted by Gasteiger charge is 2.29.